The van der Waals surface area contributed by atoms with Gasteiger partial charge < -0.3 is 15.2 Å². The molecule has 0 aliphatic heterocycles. The summed E-state index contributed by atoms with van der Waals surface area (Å²) in [5, 5.41) is 0.651. The Balaban J connectivity index is 1.80. The highest BCUT2D eigenvalue weighted by molar-refractivity contribution is 6.31. The first kappa shape index (κ1) is 14.9. The van der Waals surface area contributed by atoms with E-state index in [1.54, 1.807) is 6.07 Å². The highest BCUT2D eigenvalue weighted by Crippen LogP contribution is 2.38. The van der Waals surface area contributed by atoms with Crippen LogP contribution in [0.25, 0.3) is 0 Å². The van der Waals surface area contributed by atoms with E-state index >= 15 is 0 Å². The van der Waals surface area contributed by atoms with Crippen molar-refractivity contribution in [3.8, 4) is 0 Å². The van der Waals surface area contributed by atoms with Crippen LogP contribution in [-0.2, 0) is 0 Å². The second kappa shape index (κ2) is 6.01. The molecule has 2 saturated carbocycles. The summed E-state index contributed by atoms with van der Waals surface area (Å²) in [5.74, 6) is 0.506. The molecule has 2 atom stereocenters. The molecule has 1 amide bonds. The maximum atomic E-state index is 12.9. The Morgan fingerprint density at radius 2 is 2.10 bits per heavy atom. The molecule has 0 aromatic carbocycles. The van der Waals surface area contributed by atoms with E-state index in [0.717, 1.165) is 31.4 Å². The van der Waals surface area contributed by atoms with Gasteiger partial charge in [0.2, 0.25) is 0 Å². The lowest BCUT2D eigenvalue weighted by Crippen LogP contribution is -2.46. The molecule has 0 spiro atoms. The first-order valence-electron chi connectivity index (χ1n) is 7.96. The zero-order valence-electron chi connectivity index (χ0n) is 12.6. The van der Waals surface area contributed by atoms with E-state index in [-0.39, 0.29) is 11.9 Å². The van der Waals surface area contributed by atoms with Gasteiger partial charge >= 0.3 is 0 Å². The molecule has 1 aromatic heterocycles. The van der Waals surface area contributed by atoms with Crippen LogP contribution >= 0.6 is 11.6 Å². The Bertz CT molecular complexity index is 524. The molecule has 2 unspecified atom stereocenters. The van der Waals surface area contributed by atoms with Gasteiger partial charge in [-0.15, -0.1) is 0 Å². The molecule has 1 aromatic rings. The first-order valence-corrected chi connectivity index (χ1v) is 8.34. The van der Waals surface area contributed by atoms with Crippen LogP contribution < -0.4 is 5.73 Å². The van der Waals surface area contributed by atoms with Crippen LogP contribution in [0.15, 0.2) is 12.3 Å². The van der Waals surface area contributed by atoms with E-state index in [4.69, 9.17) is 17.3 Å². The lowest BCUT2D eigenvalue weighted by molar-refractivity contribution is 0.0609. The van der Waals surface area contributed by atoms with Gasteiger partial charge in [-0.25, -0.2) is 0 Å². The summed E-state index contributed by atoms with van der Waals surface area (Å²) in [6.45, 7) is 0.659. The van der Waals surface area contributed by atoms with Gasteiger partial charge in [-0.05, 0) is 44.2 Å². The molecule has 5 heteroatoms. The minimum absolute atomic E-state index is 0.0825. The number of carbonyl (C=O) groups excluding carboxylic acids is 1. The Hall–Kier alpha value is -1.00. The van der Waals surface area contributed by atoms with Crippen LogP contribution in [0, 0.1) is 5.92 Å². The van der Waals surface area contributed by atoms with E-state index < -0.39 is 0 Å². The Labute approximate surface area is 131 Å². The Morgan fingerprint density at radius 3 is 2.76 bits per heavy atom. The Kier molecular flexibility index (Phi) is 4.27. The predicted octanol–water partition coefficient (Wildman–Crippen LogP) is 3.07. The average Bonchev–Trinajstić information content (AvgIpc) is 3.28. The number of aromatic nitrogens is 1. The molecule has 2 aliphatic rings. The van der Waals surface area contributed by atoms with Crippen LogP contribution in [0.2, 0.25) is 5.02 Å². The predicted molar refractivity (Wildman–Crippen MR) is 84.6 cm³/mol. The number of nitrogens with two attached hydrogens (primary N) is 1. The summed E-state index contributed by atoms with van der Waals surface area (Å²) in [7, 11) is 1.92. The molecule has 4 nitrogen and oxygen atoms in total. The Morgan fingerprint density at radius 1 is 1.38 bits per heavy atom. The number of carbonyl (C=O) groups is 1. The van der Waals surface area contributed by atoms with Crippen molar-refractivity contribution in [1.29, 1.82) is 0 Å². The summed E-state index contributed by atoms with van der Waals surface area (Å²) >= 11 is 6.12. The summed E-state index contributed by atoms with van der Waals surface area (Å²) in [6.07, 6.45) is 8.77. The van der Waals surface area contributed by atoms with Gasteiger partial charge in [0.05, 0.1) is 5.02 Å². The normalized spacial score (nSPS) is 25.9. The molecule has 116 valence electrons. The second-order valence-electron chi connectivity index (χ2n) is 6.45. The smallest absolute Gasteiger partial charge is 0.270 e. The van der Waals surface area contributed by atoms with Gasteiger partial charge in [-0.1, -0.05) is 24.4 Å². The topological polar surface area (TPSA) is 51.3 Å². The molecule has 0 bridgehead atoms. The molecular formula is C16H24ClN3O. The van der Waals surface area contributed by atoms with E-state index in [0.29, 0.717) is 23.5 Å². The van der Waals surface area contributed by atoms with E-state index in [1.165, 1.54) is 12.8 Å². The lowest BCUT2D eigenvalue weighted by Gasteiger charge is -2.37. The van der Waals surface area contributed by atoms with Crippen molar-refractivity contribution in [3.63, 3.8) is 0 Å². The third kappa shape index (κ3) is 2.97. The van der Waals surface area contributed by atoms with Gasteiger partial charge in [-0.2, -0.15) is 0 Å². The van der Waals surface area contributed by atoms with Gasteiger partial charge in [0.25, 0.3) is 5.91 Å². The number of halogens is 1. The van der Waals surface area contributed by atoms with Gasteiger partial charge in [0.1, 0.15) is 5.69 Å². The van der Waals surface area contributed by atoms with Gasteiger partial charge in [0.15, 0.2) is 0 Å². The summed E-state index contributed by atoms with van der Waals surface area (Å²) in [6, 6.07) is 2.53. The number of amides is 1. The minimum atomic E-state index is 0.0825. The maximum Gasteiger partial charge on any atom is 0.270 e. The van der Waals surface area contributed by atoms with Gasteiger partial charge in [-0.3, -0.25) is 4.79 Å². The first-order chi connectivity index (χ1) is 10.1. The van der Waals surface area contributed by atoms with Crippen molar-refractivity contribution < 1.29 is 4.79 Å². The van der Waals surface area contributed by atoms with Crippen LogP contribution in [0.5, 0.6) is 0 Å². The molecule has 0 radical (unpaired) electrons. The molecular weight excluding hydrogens is 286 g/mol. The van der Waals surface area contributed by atoms with Crippen molar-refractivity contribution in [2.75, 3.05) is 13.6 Å². The number of nitrogens with zero attached hydrogens (tertiary/aromatic N) is 2. The molecule has 0 saturated heterocycles. The fourth-order valence-electron chi connectivity index (χ4n) is 3.58. The van der Waals surface area contributed by atoms with Crippen molar-refractivity contribution in [3.05, 3.63) is 23.0 Å². The highest BCUT2D eigenvalue weighted by atomic mass is 35.5. The summed E-state index contributed by atoms with van der Waals surface area (Å²) in [5.41, 5.74) is 6.63. The van der Waals surface area contributed by atoms with Crippen molar-refractivity contribution >= 4 is 17.5 Å². The molecule has 2 N–H and O–H groups in total. The van der Waals surface area contributed by atoms with E-state index in [2.05, 4.69) is 4.57 Å². The largest absolute Gasteiger partial charge is 0.339 e. The molecule has 1 heterocycles. The highest BCUT2D eigenvalue weighted by Gasteiger charge is 2.33. The van der Waals surface area contributed by atoms with Crippen molar-refractivity contribution in [2.45, 2.75) is 50.6 Å². The van der Waals surface area contributed by atoms with Gasteiger partial charge in [0, 0.05) is 25.3 Å². The summed E-state index contributed by atoms with van der Waals surface area (Å²) in [4.78, 5) is 14.8. The quantitative estimate of drug-likeness (QED) is 0.929. The number of hydrogen-bond acceptors (Lipinski definition) is 2. The van der Waals surface area contributed by atoms with Crippen molar-refractivity contribution in [2.24, 2.45) is 11.7 Å². The standard InChI is InChI=1S/C16H24ClN3O/c1-19(14-5-3-2-4-11(14)9-18)16(21)15-8-12(17)10-20(15)13-6-7-13/h8,10-11,13-14H,2-7,9,18H2,1H3. The molecule has 21 heavy (non-hydrogen) atoms. The molecule has 3 rings (SSSR count). The van der Waals surface area contributed by atoms with Crippen molar-refractivity contribution in [1.82, 2.24) is 9.47 Å². The third-order valence-corrected chi connectivity index (χ3v) is 5.17. The molecule has 2 aliphatic carbocycles. The average molecular weight is 310 g/mol. The monoisotopic (exact) mass is 309 g/mol. The van der Waals surface area contributed by atoms with Crippen LogP contribution in [0.4, 0.5) is 0 Å². The van der Waals surface area contributed by atoms with Crippen LogP contribution in [0.1, 0.15) is 55.1 Å². The zero-order chi connectivity index (χ0) is 15.0. The van der Waals surface area contributed by atoms with E-state index in [9.17, 15) is 4.79 Å². The lowest BCUT2D eigenvalue weighted by atomic mass is 9.83. The second-order valence-corrected chi connectivity index (χ2v) is 6.88. The fourth-order valence-corrected chi connectivity index (χ4v) is 3.78. The number of hydrogen-bond donors (Lipinski definition) is 1. The SMILES string of the molecule is CN(C(=O)c1cc(Cl)cn1C1CC1)C1CCCCC1CN. The van der Waals surface area contributed by atoms with E-state index in [1.807, 2.05) is 18.1 Å². The maximum absolute atomic E-state index is 12.9. The molecule has 2 fully saturated rings. The minimum Gasteiger partial charge on any atom is -0.339 e. The number of rotatable bonds is 4. The zero-order valence-corrected chi connectivity index (χ0v) is 13.4. The fraction of sp³-hybridized carbons (Fsp3) is 0.688. The van der Waals surface area contributed by atoms with Crippen LogP contribution in [-0.4, -0.2) is 35.0 Å². The summed E-state index contributed by atoms with van der Waals surface area (Å²) < 4.78 is 2.06. The van der Waals surface area contributed by atoms with Crippen LogP contribution in [0.3, 0.4) is 0 Å². The third-order valence-electron chi connectivity index (χ3n) is 4.96.